The maximum Gasteiger partial charge on any atom is 0.338 e. The molecule has 1 heterocycles. The van der Waals surface area contributed by atoms with Crippen molar-refractivity contribution < 1.29 is 9.53 Å². The molecule has 0 unspecified atom stereocenters. The molecule has 92 valence electrons. The SMILES string of the molecule is CCOC(=O)c1ccc([C@@H]2CCCNC2)cc1. The van der Waals surface area contributed by atoms with Crippen LogP contribution in [-0.4, -0.2) is 25.7 Å². The lowest BCUT2D eigenvalue weighted by Crippen LogP contribution is -2.28. The monoisotopic (exact) mass is 233 g/mol. The molecule has 2 rings (SSSR count). The summed E-state index contributed by atoms with van der Waals surface area (Å²) in [6.45, 7) is 4.41. The van der Waals surface area contributed by atoms with E-state index in [1.165, 1.54) is 18.4 Å². The zero-order chi connectivity index (χ0) is 12.1. The molecule has 1 fully saturated rings. The van der Waals surface area contributed by atoms with Gasteiger partial charge in [0.05, 0.1) is 12.2 Å². The Morgan fingerprint density at radius 1 is 1.41 bits per heavy atom. The van der Waals surface area contributed by atoms with Crippen LogP contribution in [0.2, 0.25) is 0 Å². The molecule has 3 heteroatoms. The minimum atomic E-state index is -0.235. The third-order valence-electron chi connectivity index (χ3n) is 3.19. The Balaban J connectivity index is 2.04. The third kappa shape index (κ3) is 3.07. The van der Waals surface area contributed by atoms with Gasteiger partial charge in [-0.1, -0.05) is 12.1 Å². The van der Waals surface area contributed by atoms with Gasteiger partial charge in [0.25, 0.3) is 0 Å². The molecule has 1 aromatic carbocycles. The number of benzene rings is 1. The predicted molar refractivity (Wildman–Crippen MR) is 67.2 cm³/mol. The molecular weight excluding hydrogens is 214 g/mol. The fourth-order valence-electron chi connectivity index (χ4n) is 2.24. The Morgan fingerprint density at radius 2 is 2.18 bits per heavy atom. The number of hydrogen-bond donors (Lipinski definition) is 1. The predicted octanol–water partition coefficient (Wildman–Crippen LogP) is 2.33. The lowest BCUT2D eigenvalue weighted by molar-refractivity contribution is 0.0526. The summed E-state index contributed by atoms with van der Waals surface area (Å²) < 4.78 is 4.96. The highest BCUT2D eigenvalue weighted by atomic mass is 16.5. The lowest BCUT2D eigenvalue weighted by Gasteiger charge is -2.23. The molecule has 0 spiro atoms. The molecule has 1 atom stereocenters. The lowest BCUT2D eigenvalue weighted by atomic mass is 9.91. The van der Waals surface area contributed by atoms with E-state index in [4.69, 9.17) is 4.74 Å². The molecule has 1 aliphatic rings. The van der Waals surface area contributed by atoms with Gasteiger partial charge in [0.1, 0.15) is 0 Å². The van der Waals surface area contributed by atoms with Gasteiger partial charge in [-0.2, -0.15) is 0 Å². The highest BCUT2D eigenvalue weighted by molar-refractivity contribution is 5.89. The minimum absolute atomic E-state index is 0.235. The molecule has 1 saturated heterocycles. The molecule has 1 aliphatic heterocycles. The van der Waals surface area contributed by atoms with Crippen molar-refractivity contribution in [3.63, 3.8) is 0 Å². The molecular formula is C14H19NO2. The number of rotatable bonds is 3. The number of carbonyl (C=O) groups excluding carboxylic acids is 1. The van der Waals surface area contributed by atoms with Crippen molar-refractivity contribution >= 4 is 5.97 Å². The molecule has 0 aromatic heterocycles. The maximum absolute atomic E-state index is 11.5. The first-order valence-electron chi connectivity index (χ1n) is 6.29. The van der Waals surface area contributed by atoms with Crippen LogP contribution < -0.4 is 5.32 Å². The van der Waals surface area contributed by atoms with Gasteiger partial charge < -0.3 is 10.1 Å². The Bertz CT molecular complexity index is 366. The number of piperidine rings is 1. The summed E-state index contributed by atoms with van der Waals surface area (Å²) in [5.74, 6) is 0.348. The first-order chi connectivity index (χ1) is 8.31. The summed E-state index contributed by atoms with van der Waals surface area (Å²) in [6.07, 6.45) is 2.45. The summed E-state index contributed by atoms with van der Waals surface area (Å²) in [7, 11) is 0. The van der Waals surface area contributed by atoms with Crippen LogP contribution in [0.25, 0.3) is 0 Å². The summed E-state index contributed by atoms with van der Waals surface area (Å²) in [4.78, 5) is 11.5. The van der Waals surface area contributed by atoms with Crippen LogP contribution in [0.15, 0.2) is 24.3 Å². The fourth-order valence-corrected chi connectivity index (χ4v) is 2.24. The molecule has 1 aromatic rings. The summed E-state index contributed by atoms with van der Waals surface area (Å²) >= 11 is 0. The number of esters is 1. The van der Waals surface area contributed by atoms with Crippen LogP contribution in [-0.2, 0) is 4.74 Å². The Labute approximate surface area is 102 Å². The van der Waals surface area contributed by atoms with Crippen LogP contribution in [0.5, 0.6) is 0 Å². The molecule has 17 heavy (non-hydrogen) atoms. The van der Waals surface area contributed by atoms with E-state index in [0.29, 0.717) is 18.1 Å². The van der Waals surface area contributed by atoms with Crippen LogP contribution in [0.1, 0.15) is 41.6 Å². The molecule has 1 N–H and O–H groups in total. The van der Waals surface area contributed by atoms with Gasteiger partial charge in [-0.25, -0.2) is 4.79 Å². The van der Waals surface area contributed by atoms with Gasteiger partial charge in [0.2, 0.25) is 0 Å². The molecule has 0 saturated carbocycles. The Kier molecular flexibility index (Phi) is 4.15. The van der Waals surface area contributed by atoms with Crippen molar-refractivity contribution in [3.05, 3.63) is 35.4 Å². The van der Waals surface area contributed by atoms with Gasteiger partial charge in [-0.3, -0.25) is 0 Å². The molecule has 3 nitrogen and oxygen atoms in total. The second-order valence-electron chi connectivity index (χ2n) is 4.39. The molecule has 0 bridgehead atoms. The first-order valence-corrected chi connectivity index (χ1v) is 6.29. The third-order valence-corrected chi connectivity index (χ3v) is 3.19. The maximum atomic E-state index is 11.5. The smallest absolute Gasteiger partial charge is 0.338 e. The highest BCUT2D eigenvalue weighted by Crippen LogP contribution is 2.23. The van der Waals surface area contributed by atoms with Crippen LogP contribution in [0.3, 0.4) is 0 Å². The van der Waals surface area contributed by atoms with E-state index in [1.807, 2.05) is 31.2 Å². The largest absolute Gasteiger partial charge is 0.462 e. The van der Waals surface area contributed by atoms with Gasteiger partial charge in [0, 0.05) is 6.54 Å². The van der Waals surface area contributed by atoms with E-state index in [-0.39, 0.29) is 5.97 Å². The Morgan fingerprint density at radius 3 is 2.76 bits per heavy atom. The normalized spacial score (nSPS) is 19.9. The Hall–Kier alpha value is -1.35. The van der Waals surface area contributed by atoms with Crippen LogP contribution in [0, 0.1) is 0 Å². The second-order valence-corrected chi connectivity index (χ2v) is 4.39. The van der Waals surface area contributed by atoms with Crippen molar-refractivity contribution in [2.45, 2.75) is 25.7 Å². The van der Waals surface area contributed by atoms with Crippen LogP contribution >= 0.6 is 0 Å². The molecule has 0 radical (unpaired) electrons. The first kappa shape index (κ1) is 12.1. The van der Waals surface area contributed by atoms with Crippen LogP contribution in [0.4, 0.5) is 0 Å². The van der Waals surface area contributed by atoms with Crippen molar-refractivity contribution in [2.24, 2.45) is 0 Å². The number of hydrogen-bond acceptors (Lipinski definition) is 3. The van der Waals surface area contributed by atoms with E-state index < -0.39 is 0 Å². The van der Waals surface area contributed by atoms with Gasteiger partial charge in [0.15, 0.2) is 0 Å². The zero-order valence-electron chi connectivity index (χ0n) is 10.2. The van der Waals surface area contributed by atoms with Crippen molar-refractivity contribution in [3.8, 4) is 0 Å². The quantitative estimate of drug-likeness (QED) is 0.814. The summed E-state index contributed by atoms with van der Waals surface area (Å²) in [5.41, 5.74) is 1.95. The molecule has 0 aliphatic carbocycles. The summed E-state index contributed by atoms with van der Waals surface area (Å²) in [5, 5.41) is 3.40. The highest BCUT2D eigenvalue weighted by Gasteiger charge is 2.15. The van der Waals surface area contributed by atoms with Crippen molar-refractivity contribution in [2.75, 3.05) is 19.7 Å². The second kappa shape index (κ2) is 5.82. The standard InChI is InChI=1S/C14H19NO2/c1-2-17-14(16)12-7-5-11(6-8-12)13-4-3-9-15-10-13/h5-8,13,15H,2-4,9-10H2,1H3/t13-/m1/s1. The number of carbonyl (C=O) groups is 1. The van der Waals surface area contributed by atoms with Gasteiger partial charge in [-0.15, -0.1) is 0 Å². The fraction of sp³-hybridized carbons (Fsp3) is 0.500. The average Bonchev–Trinajstić information content (AvgIpc) is 2.40. The van der Waals surface area contributed by atoms with E-state index in [9.17, 15) is 4.79 Å². The van der Waals surface area contributed by atoms with Gasteiger partial charge in [-0.05, 0) is 49.9 Å². The van der Waals surface area contributed by atoms with Crippen molar-refractivity contribution in [1.82, 2.24) is 5.32 Å². The van der Waals surface area contributed by atoms with E-state index in [2.05, 4.69) is 5.32 Å². The molecule has 0 amide bonds. The number of nitrogens with one attached hydrogen (secondary N) is 1. The average molecular weight is 233 g/mol. The van der Waals surface area contributed by atoms with E-state index in [0.717, 1.165) is 13.1 Å². The van der Waals surface area contributed by atoms with E-state index >= 15 is 0 Å². The zero-order valence-corrected chi connectivity index (χ0v) is 10.2. The minimum Gasteiger partial charge on any atom is -0.462 e. The number of ether oxygens (including phenoxy) is 1. The van der Waals surface area contributed by atoms with E-state index in [1.54, 1.807) is 0 Å². The van der Waals surface area contributed by atoms with Gasteiger partial charge >= 0.3 is 5.97 Å². The topological polar surface area (TPSA) is 38.3 Å². The summed E-state index contributed by atoms with van der Waals surface area (Å²) in [6, 6.07) is 7.82. The van der Waals surface area contributed by atoms with Crippen molar-refractivity contribution in [1.29, 1.82) is 0 Å².